The Bertz CT molecular complexity index is 932. The van der Waals surface area contributed by atoms with E-state index in [0.29, 0.717) is 37.2 Å². The van der Waals surface area contributed by atoms with E-state index in [9.17, 15) is 14.0 Å². The number of hydrogen-bond donors (Lipinski definition) is 2. The molecule has 1 saturated heterocycles. The maximum Gasteiger partial charge on any atom is 0.220 e. The molecule has 2 amide bonds. The quantitative estimate of drug-likeness (QED) is 0.639. The van der Waals surface area contributed by atoms with Crippen molar-refractivity contribution in [1.82, 2.24) is 10.6 Å². The maximum atomic E-state index is 13.1. The number of methoxy groups -OCH3 is 2. The topological polar surface area (TPSA) is 76.7 Å². The Balaban J connectivity index is 1.65. The van der Waals surface area contributed by atoms with E-state index in [4.69, 9.17) is 9.47 Å². The van der Waals surface area contributed by atoms with E-state index >= 15 is 0 Å². The predicted molar refractivity (Wildman–Crippen MR) is 116 cm³/mol. The lowest BCUT2D eigenvalue weighted by molar-refractivity contribution is -0.123. The van der Waals surface area contributed by atoms with Crippen molar-refractivity contribution in [3.8, 4) is 11.5 Å². The Morgan fingerprint density at radius 3 is 2.48 bits per heavy atom. The molecule has 1 fully saturated rings. The first kappa shape index (κ1) is 22.6. The highest BCUT2D eigenvalue weighted by Crippen LogP contribution is 2.33. The molecule has 31 heavy (non-hydrogen) atoms. The van der Waals surface area contributed by atoms with E-state index in [0.717, 1.165) is 11.1 Å². The van der Waals surface area contributed by atoms with Crippen molar-refractivity contribution < 1.29 is 23.5 Å². The van der Waals surface area contributed by atoms with Crippen LogP contribution in [0.4, 0.5) is 4.39 Å². The number of rotatable bonds is 9. The van der Waals surface area contributed by atoms with Gasteiger partial charge in [0.2, 0.25) is 11.8 Å². The molecule has 3 rings (SSSR count). The molecular weight excluding hydrogens is 399 g/mol. The van der Waals surface area contributed by atoms with Gasteiger partial charge in [0.25, 0.3) is 0 Å². The zero-order valence-electron chi connectivity index (χ0n) is 18.2. The molecule has 0 saturated carbocycles. The van der Waals surface area contributed by atoms with Crippen LogP contribution in [0.25, 0.3) is 0 Å². The lowest BCUT2D eigenvalue weighted by Crippen LogP contribution is -2.44. The zero-order chi connectivity index (χ0) is 22.4. The van der Waals surface area contributed by atoms with Gasteiger partial charge >= 0.3 is 0 Å². The minimum atomic E-state index is -0.479. The van der Waals surface area contributed by atoms with E-state index in [-0.39, 0.29) is 30.1 Å². The van der Waals surface area contributed by atoms with Crippen LogP contribution in [0.15, 0.2) is 42.5 Å². The molecule has 0 bridgehead atoms. The minimum absolute atomic E-state index is 0.000523. The number of hydrogen-bond acceptors (Lipinski definition) is 4. The van der Waals surface area contributed by atoms with E-state index in [1.54, 1.807) is 26.4 Å². The normalized spacial score (nSPS) is 18.9. The first-order valence-corrected chi connectivity index (χ1v) is 10.4. The first-order valence-electron chi connectivity index (χ1n) is 10.4. The molecule has 0 aromatic heterocycles. The van der Waals surface area contributed by atoms with Crippen LogP contribution >= 0.6 is 0 Å². The smallest absolute Gasteiger partial charge is 0.220 e. The van der Waals surface area contributed by atoms with Crippen LogP contribution in [0.1, 0.15) is 49.8 Å². The molecule has 6 nitrogen and oxygen atoms in total. The minimum Gasteiger partial charge on any atom is -0.493 e. The molecule has 0 radical (unpaired) electrons. The summed E-state index contributed by atoms with van der Waals surface area (Å²) in [5.41, 5.74) is 1.36. The van der Waals surface area contributed by atoms with E-state index in [1.807, 2.05) is 25.1 Å². The molecule has 2 aromatic carbocycles. The second-order valence-corrected chi connectivity index (χ2v) is 8.04. The van der Waals surface area contributed by atoms with Crippen LogP contribution in [0.5, 0.6) is 11.5 Å². The fourth-order valence-electron chi connectivity index (χ4n) is 4.06. The molecule has 2 N–H and O–H groups in total. The predicted octanol–water partition coefficient (Wildman–Crippen LogP) is 3.69. The number of carbonyl (C=O) groups excluding carboxylic acids is 2. The third-order valence-corrected chi connectivity index (χ3v) is 5.80. The van der Waals surface area contributed by atoms with Crippen LogP contribution in [0.2, 0.25) is 0 Å². The second-order valence-electron chi connectivity index (χ2n) is 8.04. The number of carbonyl (C=O) groups is 2. The van der Waals surface area contributed by atoms with Gasteiger partial charge in [0.05, 0.1) is 20.3 Å². The largest absolute Gasteiger partial charge is 0.493 e. The van der Waals surface area contributed by atoms with Crippen LogP contribution in [-0.4, -0.2) is 31.6 Å². The van der Waals surface area contributed by atoms with Crippen molar-refractivity contribution in [1.29, 1.82) is 0 Å². The van der Waals surface area contributed by atoms with Crippen molar-refractivity contribution in [2.24, 2.45) is 0 Å². The Labute approximate surface area is 182 Å². The van der Waals surface area contributed by atoms with E-state index in [2.05, 4.69) is 10.6 Å². The molecule has 1 heterocycles. The monoisotopic (exact) mass is 428 g/mol. The van der Waals surface area contributed by atoms with Crippen LogP contribution in [-0.2, 0) is 16.0 Å². The number of nitrogens with one attached hydrogen (secondary N) is 2. The summed E-state index contributed by atoms with van der Waals surface area (Å²) in [6, 6.07) is 11.6. The summed E-state index contributed by atoms with van der Waals surface area (Å²) in [7, 11) is 3.17. The lowest BCUT2D eigenvalue weighted by Gasteiger charge is -2.30. The molecule has 0 aliphatic carbocycles. The summed E-state index contributed by atoms with van der Waals surface area (Å²) >= 11 is 0. The highest BCUT2D eigenvalue weighted by molar-refractivity contribution is 5.80. The highest BCUT2D eigenvalue weighted by atomic mass is 19.1. The standard InChI is InChI=1S/C24H29FN2O4/c1-16(18-5-7-19(25)8-6-18)26-22(28)10-12-24(13-11-23(29)27-24)15-17-4-9-20(30-2)21(14-17)31-3/h4-9,14,16H,10-13,15H2,1-3H3,(H,26,28)(H,27,29). The van der Waals surface area contributed by atoms with Gasteiger partial charge in [0.15, 0.2) is 11.5 Å². The molecule has 2 aromatic rings. The van der Waals surface area contributed by atoms with Crippen molar-refractivity contribution in [2.45, 2.75) is 50.6 Å². The second kappa shape index (κ2) is 9.81. The van der Waals surface area contributed by atoms with Gasteiger partial charge in [-0.05, 0) is 61.6 Å². The first-order chi connectivity index (χ1) is 14.8. The Hall–Kier alpha value is -3.09. The SMILES string of the molecule is COc1ccc(CC2(CCC(=O)NC(C)c3ccc(F)cc3)CCC(=O)N2)cc1OC. The van der Waals surface area contributed by atoms with Crippen molar-refractivity contribution in [2.75, 3.05) is 14.2 Å². The fraction of sp³-hybridized carbons (Fsp3) is 0.417. The molecule has 2 unspecified atom stereocenters. The van der Waals surface area contributed by atoms with E-state index < -0.39 is 5.54 Å². The molecule has 2 atom stereocenters. The van der Waals surface area contributed by atoms with Crippen LogP contribution < -0.4 is 20.1 Å². The molecule has 1 aliphatic rings. The third kappa shape index (κ3) is 5.75. The van der Waals surface area contributed by atoms with Gasteiger partial charge in [0, 0.05) is 18.4 Å². The van der Waals surface area contributed by atoms with Gasteiger partial charge in [-0.3, -0.25) is 9.59 Å². The summed E-state index contributed by atoms with van der Waals surface area (Å²) in [6.45, 7) is 1.86. The summed E-state index contributed by atoms with van der Waals surface area (Å²) in [4.78, 5) is 24.6. The molecule has 166 valence electrons. The van der Waals surface area contributed by atoms with Gasteiger partial charge < -0.3 is 20.1 Å². The van der Waals surface area contributed by atoms with Crippen molar-refractivity contribution in [3.05, 3.63) is 59.4 Å². The van der Waals surface area contributed by atoms with Gasteiger partial charge in [-0.15, -0.1) is 0 Å². The highest BCUT2D eigenvalue weighted by Gasteiger charge is 2.38. The number of halogens is 1. The average Bonchev–Trinajstić information content (AvgIpc) is 3.13. The third-order valence-electron chi connectivity index (χ3n) is 5.80. The maximum absolute atomic E-state index is 13.1. The van der Waals surface area contributed by atoms with Gasteiger partial charge in [0.1, 0.15) is 5.82 Å². The Morgan fingerprint density at radius 2 is 1.87 bits per heavy atom. The fourth-order valence-corrected chi connectivity index (χ4v) is 4.06. The van der Waals surface area contributed by atoms with Crippen LogP contribution in [0, 0.1) is 5.82 Å². The molecule has 7 heteroatoms. The van der Waals surface area contributed by atoms with Crippen molar-refractivity contribution in [3.63, 3.8) is 0 Å². The molecule has 0 spiro atoms. The summed E-state index contributed by atoms with van der Waals surface area (Å²) < 4.78 is 23.8. The summed E-state index contributed by atoms with van der Waals surface area (Å²) in [5, 5.41) is 6.05. The van der Waals surface area contributed by atoms with Gasteiger partial charge in [-0.25, -0.2) is 4.39 Å². The Kier molecular flexibility index (Phi) is 7.15. The zero-order valence-corrected chi connectivity index (χ0v) is 18.2. The number of ether oxygens (including phenoxy) is 2. The molecular formula is C24H29FN2O4. The van der Waals surface area contributed by atoms with Gasteiger partial charge in [-0.1, -0.05) is 18.2 Å². The van der Waals surface area contributed by atoms with Gasteiger partial charge in [-0.2, -0.15) is 0 Å². The number of benzene rings is 2. The van der Waals surface area contributed by atoms with Crippen molar-refractivity contribution >= 4 is 11.8 Å². The lowest BCUT2D eigenvalue weighted by atomic mass is 9.84. The van der Waals surface area contributed by atoms with Crippen LogP contribution in [0.3, 0.4) is 0 Å². The molecule has 1 aliphatic heterocycles. The average molecular weight is 429 g/mol. The summed E-state index contributed by atoms with van der Waals surface area (Å²) in [6.07, 6.45) is 2.51. The van der Waals surface area contributed by atoms with E-state index in [1.165, 1.54) is 12.1 Å². The Morgan fingerprint density at radius 1 is 1.16 bits per heavy atom. The number of amides is 2. The summed E-state index contributed by atoms with van der Waals surface area (Å²) in [5.74, 6) is 0.858.